The van der Waals surface area contributed by atoms with Gasteiger partial charge in [-0.05, 0) is 55.4 Å². The van der Waals surface area contributed by atoms with E-state index in [4.69, 9.17) is 9.57 Å². The first-order valence-corrected chi connectivity index (χ1v) is 23.3. The number of ether oxygens (including phenoxy) is 1. The van der Waals surface area contributed by atoms with Crippen molar-refractivity contribution >= 4 is 47.3 Å². The van der Waals surface area contributed by atoms with Gasteiger partial charge >= 0.3 is 5.97 Å². The molecule has 1 aromatic carbocycles. The zero-order valence-corrected chi connectivity index (χ0v) is 40.7. The Bertz CT molecular complexity index is 1790. The number of likely N-dealkylation sites (N-methyl/N-ethyl adjacent to an activating group) is 2. The van der Waals surface area contributed by atoms with E-state index in [9.17, 15) is 43.5 Å². The number of aliphatic hydroxyl groups excluding tert-OH is 1. The van der Waals surface area contributed by atoms with Crippen LogP contribution in [0, 0.1) is 29.6 Å². The average Bonchev–Trinajstić information content (AvgIpc) is 3.87. The molecule has 364 valence electrons. The molecule has 2 fully saturated rings. The van der Waals surface area contributed by atoms with Gasteiger partial charge in [0.05, 0.1) is 30.2 Å². The molecule has 0 aliphatic carbocycles. The van der Waals surface area contributed by atoms with Gasteiger partial charge in [-0.15, -0.1) is 5.06 Å². The van der Waals surface area contributed by atoms with Gasteiger partial charge in [0.15, 0.2) is 0 Å². The van der Waals surface area contributed by atoms with Gasteiger partial charge in [-0.3, -0.25) is 33.6 Å². The molecule has 65 heavy (non-hydrogen) atoms. The van der Waals surface area contributed by atoms with Crippen LogP contribution in [-0.4, -0.2) is 136 Å². The third kappa shape index (κ3) is 14.3. The fraction of sp³-hybridized carbons (Fsp3) is 0.708. The van der Waals surface area contributed by atoms with Crippen molar-refractivity contribution in [3.8, 4) is 0 Å². The van der Waals surface area contributed by atoms with E-state index in [0.717, 1.165) is 12.8 Å². The lowest BCUT2D eigenvalue weighted by molar-refractivity contribution is -0.197. The summed E-state index contributed by atoms with van der Waals surface area (Å²) in [7, 11) is 4.74. The van der Waals surface area contributed by atoms with Crippen LogP contribution in [0.2, 0.25) is 0 Å². The van der Waals surface area contributed by atoms with Crippen molar-refractivity contribution in [3.05, 3.63) is 35.9 Å². The average molecular weight is 913 g/mol. The summed E-state index contributed by atoms with van der Waals surface area (Å²) < 4.78 is 5.93. The number of nitrogens with one attached hydrogen (secondary N) is 2. The van der Waals surface area contributed by atoms with E-state index in [0.29, 0.717) is 23.6 Å². The Morgan fingerprint density at radius 3 is 2.00 bits per heavy atom. The minimum atomic E-state index is -0.952. The number of rotatable bonds is 24. The maximum absolute atomic E-state index is 14.5. The number of aliphatic hydroxyl groups is 1. The van der Waals surface area contributed by atoms with Crippen LogP contribution in [-0.2, 0) is 47.9 Å². The maximum atomic E-state index is 14.5. The predicted octanol–water partition coefficient (Wildman–Crippen LogP) is 4.17. The van der Waals surface area contributed by atoms with Crippen molar-refractivity contribution in [2.75, 3.05) is 27.7 Å². The van der Waals surface area contributed by atoms with E-state index < -0.39 is 65.8 Å². The Kier molecular flexibility index (Phi) is 21.0. The Balaban J connectivity index is 1.68. The van der Waals surface area contributed by atoms with E-state index >= 15 is 0 Å². The molecule has 2 heterocycles. The third-order valence-corrected chi connectivity index (χ3v) is 13.2. The number of likely N-dealkylation sites (tertiary alicyclic amines) is 1. The minimum Gasteiger partial charge on any atom is -0.386 e. The van der Waals surface area contributed by atoms with Gasteiger partial charge in [-0.1, -0.05) is 92.1 Å². The van der Waals surface area contributed by atoms with Crippen molar-refractivity contribution in [2.24, 2.45) is 29.6 Å². The number of carbonyl (C=O) groups is 8. The topological polar surface area (TPSA) is 212 Å². The quantitative estimate of drug-likeness (QED) is 0.125. The van der Waals surface area contributed by atoms with Gasteiger partial charge in [-0.25, -0.2) is 4.79 Å². The fourth-order valence-electron chi connectivity index (χ4n) is 9.31. The van der Waals surface area contributed by atoms with Crippen LogP contribution >= 0.6 is 0 Å². The molecule has 2 aliphatic heterocycles. The standard InChI is InChI=1S/C48H76N6O11/c1-13-30(6)43(31(7)27-39(58)53-26-18-21-35(53)45(64-12)32(8)46(61)49-33(9)44(60)34-19-15-14-16-20-34)52(11)48(63)41(28(2)3)50-47(62)42(29(4)5)51(10)36(55)22-17-23-40(59)65-54-37(56)24-25-38(54)57/h14-16,19-20,28-33,35,41-45,60H,13,17-18,21-27H2,1-12H3,(H,49,61)(H,50,62)/t30-,31?,32+,33+,35-,41-,42-,43-,44+,45+/m0/s1. The molecule has 0 aromatic heterocycles. The zero-order valence-electron chi connectivity index (χ0n) is 40.7. The first kappa shape index (κ1) is 54.4. The molecule has 2 saturated heterocycles. The van der Waals surface area contributed by atoms with E-state index in [-0.39, 0.29) is 92.0 Å². The number of nitrogens with zero attached hydrogens (tertiary/aromatic N) is 4. The number of hydrogen-bond acceptors (Lipinski definition) is 11. The molecule has 7 amide bonds. The fourth-order valence-corrected chi connectivity index (χ4v) is 9.31. The van der Waals surface area contributed by atoms with Crippen LogP contribution in [0.4, 0.5) is 0 Å². The number of hydroxylamine groups is 2. The molecular formula is C48H76N6O11. The molecule has 1 unspecified atom stereocenters. The van der Waals surface area contributed by atoms with Crippen molar-refractivity contribution in [2.45, 2.75) is 163 Å². The zero-order chi connectivity index (χ0) is 48.9. The van der Waals surface area contributed by atoms with Crippen LogP contribution in [0.25, 0.3) is 0 Å². The normalized spacial score (nSPS) is 19.5. The Morgan fingerprint density at radius 2 is 1.45 bits per heavy atom. The van der Waals surface area contributed by atoms with Gasteiger partial charge < -0.3 is 40.0 Å². The number of benzene rings is 1. The summed E-state index contributed by atoms with van der Waals surface area (Å²) in [4.78, 5) is 115. The summed E-state index contributed by atoms with van der Waals surface area (Å²) in [5.41, 5.74) is 0.689. The molecule has 10 atom stereocenters. The molecule has 0 spiro atoms. The highest BCUT2D eigenvalue weighted by Crippen LogP contribution is 2.31. The van der Waals surface area contributed by atoms with Crippen molar-refractivity contribution in [1.29, 1.82) is 0 Å². The smallest absolute Gasteiger partial charge is 0.333 e. The van der Waals surface area contributed by atoms with Gasteiger partial charge in [0, 0.05) is 65.9 Å². The number of hydrogen-bond donors (Lipinski definition) is 3. The van der Waals surface area contributed by atoms with Crippen LogP contribution < -0.4 is 10.6 Å². The third-order valence-electron chi connectivity index (χ3n) is 13.2. The Hall–Kier alpha value is -4.90. The molecule has 17 heteroatoms. The molecule has 1 aromatic rings. The molecule has 0 radical (unpaired) electrons. The van der Waals surface area contributed by atoms with Crippen LogP contribution in [0.5, 0.6) is 0 Å². The Labute approximate surface area is 385 Å². The minimum absolute atomic E-state index is 0.0194. The van der Waals surface area contributed by atoms with E-state index in [1.807, 2.05) is 52.8 Å². The highest BCUT2D eigenvalue weighted by Gasteiger charge is 2.43. The van der Waals surface area contributed by atoms with Gasteiger partial charge in [0.25, 0.3) is 11.8 Å². The summed E-state index contributed by atoms with van der Waals surface area (Å²) in [5.74, 6) is -5.29. The van der Waals surface area contributed by atoms with E-state index in [1.54, 1.807) is 56.7 Å². The summed E-state index contributed by atoms with van der Waals surface area (Å²) in [6, 6.07) is 5.91. The Morgan fingerprint density at radius 1 is 0.831 bits per heavy atom. The lowest BCUT2D eigenvalue weighted by Crippen LogP contribution is -2.59. The number of methoxy groups -OCH3 is 1. The number of imide groups is 1. The highest BCUT2D eigenvalue weighted by atomic mass is 16.7. The SMILES string of the molecule is CC[C@H](C)[C@@H](C(C)CC(=O)N1CCC[C@H]1[C@H](OC)[C@@H](C)C(=O)N[C@H](C)[C@@H](O)c1ccccc1)N(C)C(=O)[C@@H](NC(=O)[C@H](C(C)C)N(C)C(=O)CCCC(=O)ON1C(=O)CCC1=O)C(C)C. The number of carbonyl (C=O) groups excluding carboxylic acids is 8. The molecular weight excluding hydrogens is 837 g/mol. The predicted molar refractivity (Wildman–Crippen MR) is 243 cm³/mol. The van der Waals surface area contributed by atoms with Crippen LogP contribution in [0.15, 0.2) is 30.3 Å². The van der Waals surface area contributed by atoms with Gasteiger partial charge in [-0.2, -0.15) is 0 Å². The molecule has 17 nitrogen and oxygen atoms in total. The monoisotopic (exact) mass is 913 g/mol. The second kappa shape index (κ2) is 25.1. The largest absolute Gasteiger partial charge is 0.386 e. The summed E-state index contributed by atoms with van der Waals surface area (Å²) in [5, 5.41) is 17.2. The molecule has 0 bridgehead atoms. The van der Waals surface area contributed by atoms with Gasteiger partial charge in [0.2, 0.25) is 29.5 Å². The molecule has 3 rings (SSSR count). The van der Waals surface area contributed by atoms with E-state index in [2.05, 4.69) is 10.6 Å². The second-order valence-electron chi connectivity index (χ2n) is 18.8. The summed E-state index contributed by atoms with van der Waals surface area (Å²) in [6.45, 7) is 17.3. The van der Waals surface area contributed by atoms with Crippen molar-refractivity contribution in [1.82, 2.24) is 30.4 Å². The molecule has 0 saturated carbocycles. The molecule has 2 aliphatic rings. The lowest BCUT2D eigenvalue weighted by atomic mass is 9.84. The van der Waals surface area contributed by atoms with E-state index in [1.165, 1.54) is 19.1 Å². The summed E-state index contributed by atoms with van der Waals surface area (Å²) in [6.07, 6.45) is 0.403. The number of amides is 7. The first-order valence-electron chi connectivity index (χ1n) is 23.3. The van der Waals surface area contributed by atoms with Crippen LogP contribution in [0.3, 0.4) is 0 Å². The lowest BCUT2D eigenvalue weighted by Gasteiger charge is -2.41. The highest BCUT2D eigenvalue weighted by molar-refractivity contribution is 6.01. The molecule has 3 N–H and O–H groups in total. The maximum Gasteiger partial charge on any atom is 0.333 e. The van der Waals surface area contributed by atoms with Crippen molar-refractivity contribution < 1.29 is 53.0 Å². The first-order chi connectivity index (χ1) is 30.6. The van der Waals surface area contributed by atoms with Gasteiger partial charge in [0.1, 0.15) is 12.1 Å². The summed E-state index contributed by atoms with van der Waals surface area (Å²) >= 11 is 0. The van der Waals surface area contributed by atoms with Crippen LogP contribution in [0.1, 0.15) is 132 Å². The van der Waals surface area contributed by atoms with Crippen molar-refractivity contribution in [3.63, 3.8) is 0 Å². The second-order valence-corrected chi connectivity index (χ2v) is 18.8.